The average Bonchev–Trinajstić information content (AvgIpc) is 3.29. The van der Waals surface area contributed by atoms with Crippen molar-refractivity contribution in [3.63, 3.8) is 0 Å². The van der Waals surface area contributed by atoms with E-state index < -0.39 is 12.4 Å². The second kappa shape index (κ2) is 11.4. The van der Waals surface area contributed by atoms with E-state index in [9.17, 15) is 18.0 Å². The first-order valence-electron chi connectivity index (χ1n) is 11.7. The van der Waals surface area contributed by atoms with E-state index in [4.69, 9.17) is 26.2 Å². The maximum Gasteiger partial charge on any atom is 0.573 e. The fourth-order valence-electron chi connectivity index (χ4n) is 4.38. The van der Waals surface area contributed by atoms with Crippen molar-refractivity contribution in [1.82, 2.24) is 0 Å². The molecule has 1 aliphatic rings. The van der Waals surface area contributed by atoms with Crippen molar-refractivity contribution < 1.29 is 37.3 Å². The number of carbonyl (C=O) groups excluding carboxylic acids is 1. The summed E-state index contributed by atoms with van der Waals surface area (Å²) in [5.74, 6) is 0.110. The molecule has 0 spiro atoms. The Hall–Kier alpha value is -3.63. The fraction of sp³-hybridized carbons (Fsp3) is 0.296. The molecule has 38 heavy (non-hydrogen) atoms. The first-order valence-corrected chi connectivity index (χ1v) is 12.1. The predicted octanol–water partition coefficient (Wildman–Crippen LogP) is 5.67. The van der Waals surface area contributed by atoms with Crippen molar-refractivity contribution >= 4 is 28.9 Å². The van der Waals surface area contributed by atoms with Crippen molar-refractivity contribution in [2.75, 3.05) is 37.1 Å². The van der Waals surface area contributed by atoms with E-state index in [0.717, 1.165) is 5.56 Å². The van der Waals surface area contributed by atoms with Crippen LogP contribution in [0, 0.1) is 6.92 Å². The highest BCUT2D eigenvalue weighted by Crippen LogP contribution is 2.39. The summed E-state index contributed by atoms with van der Waals surface area (Å²) in [6, 6.07) is 13.3. The Morgan fingerprint density at radius 1 is 1.11 bits per heavy atom. The van der Waals surface area contributed by atoms with Gasteiger partial charge in [-0.3, -0.25) is 4.79 Å². The molecule has 4 rings (SSSR count). The van der Waals surface area contributed by atoms with Gasteiger partial charge in [0.05, 0.1) is 19.4 Å². The highest BCUT2D eigenvalue weighted by Gasteiger charge is 2.35. The van der Waals surface area contributed by atoms with Gasteiger partial charge in [0.2, 0.25) is 0 Å². The molecule has 1 amide bonds. The van der Waals surface area contributed by atoms with Crippen LogP contribution in [0.2, 0.25) is 5.02 Å². The molecule has 1 unspecified atom stereocenters. The van der Waals surface area contributed by atoms with Gasteiger partial charge in [-0.05, 0) is 48.2 Å². The van der Waals surface area contributed by atoms with Crippen LogP contribution in [0.3, 0.4) is 0 Å². The third-order valence-electron chi connectivity index (χ3n) is 6.04. The van der Waals surface area contributed by atoms with E-state index in [2.05, 4.69) is 10.1 Å². The van der Waals surface area contributed by atoms with E-state index >= 15 is 0 Å². The van der Waals surface area contributed by atoms with Crippen molar-refractivity contribution in [3.05, 3.63) is 76.3 Å². The molecule has 1 heterocycles. The largest absolute Gasteiger partial charge is 0.573 e. The first kappa shape index (κ1) is 27.4. The minimum Gasteiger partial charge on any atom is -0.497 e. The first-order chi connectivity index (χ1) is 18.1. The lowest BCUT2D eigenvalue weighted by molar-refractivity contribution is -0.274. The summed E-state index contributed by atoms with van der Waals surface area (Å²) >= 11 is 6.07. The highest BCUT2D eigenvalue weighted by molar-refractivity contribution is 6.30. The lowest BCUT2D eigenvalue weighted by atomic mass is 10.0. The van der Waals surface area contributed by atoms with Gasteiger partial charge in [-0.15, -0.1) is 13.2 Å². The molecule has 0 aromatic heterocycles. The van der Waals surface area contributed by atoms with E-state index in [0.29, 0.717) is 52.0 Å². The number of amides is 1. The molecule has 7 nitrogen and oxygen atoms in total. The molecule has 2 N–H and O–H groups in total. The summed E-state index contributed by atoms with van der Waals surface area (Å²) in [7, 11) is 1.49. The maximum absolute atomic E-state index is 14.0. The van der Waals surface area contributed by atoms with Crippen LogP contribution in [0.15, 0.2) is 54.6 Å². The molecule has 0 aliphatic carbocycles. The molecule has 3 aromatic rings. The monoisotopic (exact) mass is 550 g/mol. The quantitative estimate of drug-likeness (QED) is 0.357. The van der Waals surface area contributed by atoms with Crippen LogP contribution < -0.4 is 24.4 Å². The van der Waals surface area contributed by atoms with Gasteiger partial charge >= 0.3 is 6.36 Å². The number of halogens is 4. The zero-order valence-corrected chi connectivity index (χ0v) is 21.4. The van der Waals surface area contributed by atoms with Crippen LogP contribution in [0.1, 0.15) is 22.7 Å². The van der Waals surface area contributed by atoms with E-state index in [1.807, 2.05) is 0 Å². The number of nitrogens with zero attached hydrogens (tertiary/aromatic N) is 1. The standard InChI is InChI=1S/C27H26ClF3N2O5/c1-16-11-22(38-27(29,30)31)15-24-23(16)7-8-33(24)26(35)25(17-3-5-18(28)6-4-17)32-19-12-20(36-2)14-21(13-19)37-10-9-34/h3-6,11-15,25,32,34H,7-10H2,1-2H3. The molecule has 0 bridgehead atoms. The third kappa shape index (κ3) is 6.43. The van der Waals surface area contributed by atoms with Gasteiger partial charge in [0.1, 0.15) is 29.9 Å². The normalized spacial score (nSPS) is 13.6. The average molecular weight is 551 g/mol. The molecule has 0 radical (unpaired) electrons. The second-order valence-corrected chi connectivity index (χ2v) is 9.06. The minimum atomic E-state index is -4.86. The number of aryl methyl sites for hydroxylation is 1. The number of rotatable bonds is 9. The number of hydrogen-bond donors (Lipinski definition) is 2. The minimum absolute atomic E-state index is 0.0679. The lowest BCUT2D eigenvalue weighted by Gasteiger charge is -2.27. The Balaban J connectivity index is 1.71. The Labute approximate surface area is 222 Å². The molecule has 0 saturated carbocycles. The fourth-order valence-corrected chi connectivity index (χ4v) is 4.51. The Morgan fingerprint density at radius 2 is 1.82 bits per heavy atom. The molecule has 202 valence electrons. The lowest BCUT2D eigenvalue weighted by Crippen LogP contribution is -2.37. The van der Waals surface area contributed by atoms with Crippen molar-refractivity contribution in [2.45, 2.75) is 25.7 Å². The summed E-state index contributed by atoms with van der Waals surface area (Å²) in [5, 5.41) is 12.8. The molecule has 1 aliphatic heterocycles. The number of nitrogens with one attached hydrogen (secondary N) is 1. The zero-order chi connectivity index (χ0) is 27.4. The number of fused-ring (bicyclic) bond motifs is 1. The summed E-state index contributed by atoms with van der Waals surface area (Å²) in [5.41, 5.74) is 2.84. The predicted molar refractivity (Wildman–Crippen MR) is 137 cm³/mol. The van der Waals surface area contributed by atoms with Crippen LogP contribution >= 0.6 is 11.6 Å². The van der Waals surface area contributed by atoms with Crippen LogP contribution in [-0.4, -0.2) is 44.2 Å². The number of carbonyl (C=O) groups is 1. The van der Waals surface area contributed by atoms with Crippen LogP contribution in [0.5, 0.6) is 17.2 Å². The number of hydrogen-bond acceptors (Lipinski definition) is 6. The van der Waals surface area contributed by atoms with Gasteiger partial charge < -0.3 is 29.5 Å². The Kier molecular flexibility index (Phi) is 8.23. The molecule has 1 atom stereocenters. The van der Waals surface area contributed by atoms with E-state index in [1.54, 1.807) is 49.4 Å². The van der Waals surface area contributed by atoms with Crippen molar-refractivity contribution in [3.8, 4) is 17.2 Å². The van der Waals surface area contributed by atoms with Gasteiger partial charge in [0, 0.05) is 41.5 Å². The second-order valence-electron chi connectivity index (χ2n) is 8.62. The number of anilines is 2. The van der Waals surface area contributed by atoms with Gasteiger partial charge in [0.25, 0.3) is 5.91 Å². The number of aliphatic hydroxyl groups excluding tert-OH is 1. The number of ether oxygens (including phenoxy) is 3. The Bertz CT molecular complexity index is 1300. The van der Waals surface area contributed by atoms with Crippen LogP contribution in [0.4, 0.5) is 24.5 Å². The summed E-state index contributed by atoms with van der Waals surface area (Å²) < 4.78 is 53.8. The molecule has 11 heteroatoms. The van der Waals surface area contributed by atoms with Gasteiger partial charge in [-0.25, -0.2) is 0 Å². The molecule has 0 saturated heterocycles. The van der Waals surface area contributed by atoms with E-state index in [1.165, 1.54) is 24.1 Å². The third-order valence-corrected chi connectivity index (χ3v) is 6.29. The maximum atomic E-state index is 14.0. The summed E-state index contributed by atoms with van der Waals surface area (Å²) in [4.78, 5) is 15.4. The summed E-state index contributed by atoms with van der Waals surface area (Å²) in [6.45, 7) is 1.87. The number of methoxy groups -OCH3 is 1. The number of benzene rings is 3. The summed E-state index contributed by atoms with van der Waals surface area (Å²) in [6.07, 6.45) is -4.37. The molecule has 3 aromatic carbocycles. The molecule has 0 fully saturated rings. The molecular weight excluding hydrogens is 525 g/mol. The smallest absolute Gasteiger partial charge is 0.497 e. The van der Waals surface area contributed by atoms with Gasteiger partial charge in [-0.2, -0.15) is 0 Å². The van der Waals surface area contributed by atoms with Crippen LogP contribution in [0.25, 0.3) is 0 Å². The van der Waals surface area contributed by atoms with Gasteiger partial charge in [0.15, 0.2) is 0 Å². The number of aliphatic hydroxyl groups is 1. The topological polar surface area (TPSA) is 80.3 Å². The molecular formula is C27H26ClF3N2O5. The van der Waals surface area contributed by atoms with Crippen molar-refractivity contribution in [2.24, 2.45) is 0 Å². The van der Waals surface area contributed by atoms with Gasteiger partial charge in [-0.1, -0.05) is 23.7 Å². The number of alkyl halides is 3. The van der Waals surface area contributed by atoms with E-state index in [-0.39, 0.29) is 24.9 Å². The SMILES string of the molecule is COc1cc(NC(C(=O)N2CCc3c(C)cc(OC(F)(F)F)cc32)c2ccc(Cl)cc2)cc(OCCO)c1. The Morgan fingerprint density at radius 3 is 2.47 bits per heavy atom. The highest BCUT2D eigenvalue weighted by atomic mass is 35.5. The zero-order valence-electron chi connectivity index (χ0n) is 20.6. The van der Waals surface area contributed by atoms with Crippen LogP contribution in [-0.2, 0) is 11.2 Å². The van der Waals surface area contributed by atoms with Crippen molar-refractivity contribution in [1.29, 1.82) is 0 Å².